The Morgan fingerprint density at radius 3 is 3.07 bits per heavy atom. The molecule has 8 nitrogen and oxygen atoms in total. The van der Waals surface area contributed by atoms with Gasteiger partial charge in [0.15, 0.2) is 5.69 Å². The predicted octanol–water partition coefficient (Wildman–Crippen LogP) is -0.359. The molecule has 0 aliphatic carbocycles. The highest BCUT2D eigenvalue weighted by atomic mass is 16.5. The van der Waals surface area contributed by atoms with Crippen LogP contribution in [0.2, 0.25) is 0 Å². The SMILES string of the molecule is COC(=O)c1nnc(-c2cn[nH]n2)o1. The van der Waals surface area contributed by atoms with Crippen LogP contribution < -0.4 is 0 Å². The number of nitrogens with one attached hydrogen (secondary N) is 1. The molecule has 14 heavy (non-hydrogen) atoms. The number of aromatic nitrogens is 5. The fraction of sp³-hybridized carbons (Fsp3) is 0.167. The van der Waals surface area contributed by atoms with Crippen LogP contribution in [0.1, 0.15) is 10.7 Å². The van der Waals surface area contributed by atoms with E-state index in [0.717, 1.165) is 0 Å². The normalized spacial score (nSPS) is 10.1. The van der Waals surface area contributed by atoms with Crippen LogP contribution in [0, 0.1) is 0 Å². The molecule has 0 atom stereocenters. The van der Waals surface area contributed by atoms with E-state index in [-0.39, 0.29) is 11.8 Å². The quantitative estimate of drug-likeness (QED) is 0.652. The Morgan fingerprint density at radius 2 is 2.43 bits per heavy atom. The molecule has 0 spiro atoms. The molecule has 2 heterocycles. The molecule has 2 rings (SSSR count). The Hall–Kier alpha value is -2.25. The second-order valence-electron chi connectivity index (χ2n) is 2.26. The van der Waals surface area contributed by atoms with Crippen molar-refractivity contribution >= 4 is 5.97 Å². The molecule has 1 N–H and O–H groups in total. The topological polar surface area (TPSA) is 107 Å². The van der Waals surface area contributed by atoms with E-state index in [2.05, 4.69) is 30.3 Å². The van der Waals surface area contributed by atoms with Crippen LogP contribution in [0.25, 0.3) is 11.6 Å². The van der Waals surface area contributed by atoms with E-state index < -0.39 is 5.97 Å². The van der Waals surface area contributed by atoms with Crippen molar-refractivity contribution in [3.05, 3.63) is 12.1 Å². The van der Waals surface area contributed by atoms with Gasteiger partial charge in [0, 0.05) is 0 Å². The number of hydrogen-bond acceptors (Lipinski definition) is 7. The number of aromatic amines is 1. The van der Waals surface area contributed by atoms with Crippen LogP contribution in [-0.2, 0) is 4.74 Å². The lowest BCUT2D eigenvalue weighted by atomic mass is 10.5. The smallest absolute Gasteiger partial charge is 0.396 e. The Balaban J connectivity index is 2.31. The summed E-state index contributed by atoms with van der Waals surface area (Å²) in [5, 5.41) is 16.7. The number of hydrogen-bond donors (Lipinski definition) is 1. The summed E-state index contributed by atoms with van der Waals surface area (Å²) in [7, 11) is 1.22. The third kappa shape index (κ3) is 1.32. The standard InChI is InChI=1S/C6H5N5O3/c1-13-6(12)5-10-9-4(14-5)3-2-7-11-8-3/h2H,1H3,(H,7,8,11). The molecule has 0 aliphatic heterocycles. The van der Waals surface area contributed by atoms with Crippen LogP contribution >= 0.6 is 0 Å². The van der Waals surface area contributed by atoms with Crippen LogP contribution in [0.15, 0.2) is 10.6 Å². The zero-order valence-corrected chi connectivity index (χ0v) is 7.09. The minimum atomic E-state index is -0.688. The van der Waals surface area contributed by atoms with Gasteiger partial charge in [0.1, 0.15) is 0 Å². The van der Waals surface area contributed by atoms with Crippen molar-refractivity contribution in [3.63, 3.8) is 0 Å². The average molecular weight is 195 g/mol. The van der Waals surface area contributed by atoms with Gasteiger partial charge in [-0.15, -0.1) is 10.2 Å². The first-order chi connectivity index (χ1) is 6.81. The Labute approximate surface area is 77.3 Å². The molecular formula is C6H5N5O3. The molecule has 0 saturated carbocycles. The van der Waals surface area contributed by atoms with E-state index in [4.69, 9.17) is 4.42 Å². The number of carbonyl (C=O) groups excluding carboxylic acids is 1. The van der Waals surface area contributed by atoms with Crippen molar-refractivity contribution in [2.75, 3.05) is 7.11 Å². The summed E-state index contributed by atoms with van der Waals surface area (Å²) in [6, 6.07) is 0. The van der Waals surface area contributed by atoms with Crippen LogP contribution in [0.4, 0.5) is 0 Å². The number of esters is 1. The van der Waals surface area contributed by atoms with E-state index in [1.807, 2.05) is 0 Å². The molecule has 0 aliphatic rings. The van der Waals surface area contributed by atoms with Gasteiger partial charge < -0.3 is 9.15 Å². The van der Waals surface area contributed by atoms with E-state index in [1.165, 1.54) is 13.3 Å². The fourth-order valence-electron chi connectivity index (χ4n) is 0.801. The van der Waals surface area contributed by atoms with E-state index in [0.29, 0.717) is 5.69 Å². The average Bonchev–Trinajstić information content (AvgIpc) is 2.86. The van der Waals surface area contributed by atoms with Gasteiger partial charge in [-0.25, -0.2) is 4.79 Å². The number of H-pyrrole nitrogens is 1. The van der Waals surface area contributed by atoms with Gasteiger partial charge in [-0.3, -0.25) is 0 Å². The van der Waals surface area contributed by atoms with Crippen LogP contribution in [0.5, 0.6) is 0 Å². The monoisotopic (exact) mass is 195 g/mol. The molecule has 0 aromatic carbocycles. The first-order valence-corrected chi connectivity index (χ1v) is 3.59. The van der Waals surface area contributed by atoms with E-state index in [1.54, 1.807) is 0 Å². The summed E-state index contributed by atoms with van der Waals surface area (Å²) in [5.74, 6) is -0.795. The molecule has 0 bridgehead atoms. The molecule has 2 aromatic heterocycles. The Bertz CT molecular complexity index is 434. The number of methoxy groups -OCH3 is 1. The van der Waals surface area contributed by atoms with Crippen LogP contribution in [0.3, 0.4) is 0 Å². The Morgan fingerprint density at radius 1 is 1.57 bits per heavy atom. The number of rotatable bonds is 2. The van der Waals surface area contributed by atoms with Gasteiger partial charge in [0.2, 0.25) is 0 Å². The third-order valence-electron chi connectivity index (χ3n) is 1.42. The van der Waals surface area contributed by atoms with Crippen molar-refractivity contribution < 1.29 is 13.9 Å². The lowest BCUT2D eigenvalue weighted by Gasteiger charge is -1.88. The summed E-state index contributed by atoms with van der Waals surface area (Å²) in [6.45, 7) is 0. The number of carbonyl (C=O) groups is 1. The van der Waals surface area contributed by atoms with Crippen LogP contribution in [-0.4, -0.2) is 38.7 Å². The van der Waals surface area contributed by atoms with Gasteiger partial charge in [0.25, 0.3) is 5.89 Å². The second kappa shape index (κ2) is 3.24. The highest BCUT2D eigenvalue weighted by Gasteiger charge is 2.16. The summed E-state index contributed by atoms with van der Waals surface area (Å²) in [6.07, 6.45) is 1.40. The second-order valence-corrected chi connectivity index (χ2v) is 2.26. The maximum absolute atomic E-state index is 10.9. The van der Waals surface area contributed by atoms with Gasteiger partial charge in [-0.2, -0.15) is 15.4 Å². The Kier molecular flexibility index (Phi) is 1.94. The molecule has 2 aromatic rings. The lowest BCUT2D eigenvalue weighted by Crippen LogP contribution is -2.00. The maximum Gasteiger partial charge on any atom is 0.396 e. The first kappa shape index (κ1) is 8.35. The molecule has 0 amide bonds. The summed E-state index contributed by atoms with van der Waals surface area (Å²) >= 11 is 0. The summed E-state index contributed by atoms with van der Waals surface area (Å²) in [5.41, 5.74) is 0.368. The van der Waals surface area contributed by atoms with E-state index >= 15 is 0 Å². The first-order valence-electron chi connectivity index (χ1n) is 3.59. The zero-order chi connectivity index (χ0) is 9.97. The van der Waals surface area contributed by atoms with Crippen molar-refractivity contribution in [2.45, 2.75) is 0 Å². The van der Waals surface area contributed by atoms with Crippen molar-refractivity contribution in [1.29, 1.82) is 0 Å². The molecule has 0 saturated heterocycles. The van der Waals surface area contributed by atoms with Crippen molar-refractivity contribution in [1.82, 2.24) is 25.6 Å². The van der Waals surface area contributed by atoms with Gasteiger partial charge >= 0.3 is 11.9 Å². The highest BCUT2D eigenvalue weighted by molar-refractivity contribution is 5.84. The molecule has 8 heteroatoms. The number of ether oxygens (including phenoxy) is 1. The molecular weight excluding hydrogens is 190 g/mol. The largest absolute Gasteiger partial charge is 0.462 e. The van der Waals surface area contributed by atoms with Gasteiger partial charge in [-0.05, 0) is 0 Å². The maximum atomic E-state index is 10.9. The summed E-state index contributed by atoms with van der Waals surface area (Å²) in [4.78, 5) is 10.9. The third-order valence-corrected chi connectivity index (χ3v) is 1.42. The number of nitrogens with zero attached hydrogens (tertiary/aromatic N) is 4. The highest BCUT2D eigenvalue weighted by Crippen LogP contribution is 2.12. The minimum Gasteiger partial charge on any atom is -0.462 e. The molecule has 72 valence electrons. The lowest BCUT2D eigenvalue weighted by molar-refractivity contribution is 0.0556. The minimum absolute atomic E-state index is 0.110. The zero-order valence-electron chi connectivity index (χ0n) is 7.09. The van der Waals surface area contributed by atoms with Gasteiger partial charge in [0.05, 0.1) is 13.3 Å². The molecule has 0 fully saturated rings. The van der Waals surface area contributed by atoms with E-state index in [9.17, 15) is 4.79 Å². The summed E-state index contributed by atoms with van der Waals surface area (Å²) < 4.78 is 9.35. The van der Waals surface area contributed by atoms with Crippen molar-refractivity contribution in [2.24, 2.45) is 0 Å². The molecule has 0 unspecified atom stereocenters. The fourth-order valence-corrected chi connectivity index (χ4v) is 0.801. The van der Waals surface area contributed by atoms with Gasteiger partial charge in [-0.1, -0.05) is 0 Å². The van der Waals surface area contributed by atoms with Crippen molar-refractivity contribution in [3.8, 4) is 11.6 Å². The predicted molar refractivity (Wildman–Crippen MR) is 41.0 cm³/mol. The molecule has 0 radical (unpaired) electrons.